The van der Waals surface area contributed by atoms with E-state index in [9.17, 15) is 14.9 Å². The second-order valence-corrected chi connectivity index (χ2v) is 11.4. The first-order chi connectivity index (χ1) is 17.7. The smallest absolute Gasteiger partial charge is 0.410 e. The Balaban J connectivity index is 1.63. The van der Waals surface area contributed by atoms with E-state index in [2.05, 4.69) is 18.2 Å². The van der Waals surface area contributed by atoms with Crippen LogP contribution in [0.15, 0.2) is 36.4 Å². The maximum absolute atomic E-state index is 13.5. The van der Waals surface area contributed by atoms with E-state index in [1.165, 1.54) is 5.56 Å². The lowest BCUT2D eigenvalue weighted by Gasteiger charge is -2.34. The number of ether oxygens (including phenoxy) is 1. The molecule has 2 aliphatic heterocycles. The highest BCUT2D eigenvalue weighted by molar-refractivity contribution is 6.32. The van der Waals surface area contributed by atoms with Gasteiger partial charge in [-0.1, -0.05) is 42.6 Å². The van der Waals surface area contributed by atoms with E-state index in [-0.39, 0.29) is 12.0 Å². The van der Waals surface area contributed by atoms with Crippen molar-refractivity contribution in [3.8, 4) is 6.07 Å². The summed E-state index contributed by atoms with van der Waals surface area (Å²) in [7, 11) is 0. The van der Waals surface area contributed by atoms with Gasteiger partial charge in [0.2, 0.25) is 5.91 Å². The first kappa shape index (κ1) is 27.0. The Kier molecular flexibility index (Phi) is 8.44. The van der Waals surface area contributed by atoms with Crippen LogP contribution < -0.4 is 4.90 Å². The molecule has 0 unspecified atom stereocenters. The fourth-order valence-electron chi connectivity index (χ4n) is 5.26. The molecule has 2 aliphatic rings. The van der Waals surface area contributed by atoms with E-state index in [1.54, 1.807) is 28.0 Å². The summed E-state index contributed by atoms with van der Waals surface area (Å²) in [6, 6.07) is 13.9. The van der Waals surface area contributed by atoms with Gasteiger partial charge in [0.25, 0.3) is 0 Å². The summed E-state index contributed by atoms with van der Waals surface area (Å²) in [5, 5.41) is 10.2. The predicted octanol–water partition coefficient (Wildman–Crippen LogP) is 7.50. The molecule has 4 rings (SSSR count). The predicted molar refractivity (Wildman–Crippen MR) is 146 cm³/mol. The third kappa shape index (κ3) is 6.45. The second kappa shape index (κ2) is 11.6. The SMILES string of the molecule is CC(C)(C)OC(=O)N1CCC(c2ccc3c(c2)CCCCCCC(=O)N3c2cccc(Cl)c2C#N)CC1. The molecule has 0 saturated carbocycles. The van der Waals surface area contributed by atoms with Crippen molar-refractivity contribution in [1.29, 1.82) is 5.26 Å². The number of piperidine rings is 1. The lowest BCUT2D eigenvalue weighted by molar-refractivity contribution is -0.118. The average Bonchev–Trinajstić information content (AvgIpc) is 2.86. The van der Waals surface area contributed by atoms with Crippen molar-refractivity contribution >= 4 is 35.0 Å². The van der Waals surface area contributed by atoms with E-state index >= 15 is 0 Å². The maximum Gasteiger partial charge on any atom is 0.410 e. The zero-order chi connectivity index (χ0) is 26.6. The van der Waals surface area contributed by atoms with Gasteiger partial charge in [0.1, 0.15) is 11.7 Å². The molecule has 7 heteroatoms. The number of amides is 2. The van der Waals surface area contributed by atoms with Crippen LogP contribution in [0, 0.1) is 11.3 Å². The zero-order valence-corrected chi connectivity index (χ0v) is 22.8. The van der Waals surface area contributed by atoms with Crippen LogP contribution in [-0.4, -0.2) is 35.6 Å². The lowest BCUT2D eigenvalue weighted by atomic mass is 9.87. The van der Waals surface area contributed by atoms with Gasteiger partial charge in [-0.2, -0.15) is 5.26 Å². The molecule has 2 aromatic rings. The summed E-state index contributed by atoms with van der Waals surface area (Å²) in [6.45, 7) is 6.98. The average molecular weight is 522 g/mol. The van der Waals surface area contributed by atoms with Crippen LogP contribution >= 0.6 is 11.6 Å². The number of aryl methyl sites for hydroxylation is 1. The number of halogens is 1. The minimum atomic E-state index is -0.501. The van der Waals surface area contributed by atoms with Crippen molar-refractivity contribution in [2.45, 2.75) is 83.7 Å². The number of nitriles is 1. The molecule has 0 N–H and O–H groups in total. The Bertz CT molecular complexity index is 1190. The molecular weight excluding hydrogens is 486 g/mol. The molecule has 2 heterocycles. The molecule has 6 nitrogen and oxygen atoms in total. The topological polar surface area (TPSA) is 73.6 Å². The van der Waals surface area contributed by atoms with Crippen molar-refractivity contribution in [3.63, 3.8) is 0 Å². The summed E-state index contributed by atoms with van der Waals surface area (Å²) in [5.41, 5.74) is 3.55. The number of carbonyl (C=O) groups is 2. The molecule has 0 radical (unpaired) electrons. The van der Waals surface area contributed by atoms with E-state index in [0.717, 1.165) is 56.2 Å². The van der Waals surface area contributed by atoms with Gasteiger partial charge >= 0.3 is 6.09 Å². The molecule has 0 aromatic heterocycles. The third-order valence-corrected chi connectivity index (χ3v) is 7.46. The third-order valence-electron chi connectivity index (χ3n) is 7.14. The molecular formula is C30H36ClN3O3. The Labute approximate surface area is 225 Å². The standard InChI is InChI=1S/C30H36ClN3O3/c1-30(2,3)37-29(36)33-17-15-21(16-18-33)22-13-14-26-23(19-22)9-6-4-5-7-12-28(35)34(26)27-11-8-10-25(31)24(27)20-32/h8,10-11,13-14,19,21H,4-7,9,12,15-18H2,1-3H3. The Hall–Kier alpha value is -3.04. The summed E-state index contributed by atoms with van der Waals surface area (Å²) in [6.07, 6.45) is 6.78. The molecule has 37 heavy (non-hydrogen) atoms. The number of hydrogen-bond donors (Lipinski definition) is 0. The van der Waals surface area contributed by atoms with Crippen molar-refractivity contribution in [2.75, 3.05) is 18.0 Å². The Morgan fingerprint density at radius 2 is 1.73 bits per heavy atom. The van der Waals surface area contributed by atoms with Crippen molar-refractivity contribution in [1.82, 2.24) is 4.90 Å². The highest BCUT2D eigenvalue weighted by Crippen LogP contribution is 2.39. The first-order valence-corrected chi connectivity index (χ1v) is 13.7. The zero-order valence-electron chi connectivity index (χ0n) is 22.1. The van der Waals surface area contributed by atoms with Crippen molar-refractivity contribution in [2.24, 2.45) is 0 Å². The van der Waals surface area contributed by atoms with Crippen LogP contribution in [0.2, 0.25) is 5.02 Å². The first-order valence-electron chi connectivity index (χ1n) is 13.3. The largest absolute Gasteiger partial charge is 0.444 e. The minimum absolute atomic E-state index is 0.0136. The van der Waals surface area contributed by atoms with Gasteiger partial charge in [0.15, 0.2) is 0 Å². The number of likely N-dealkylation sites (tertiary alicyclic amines) is 1. The molecule has 1 saturated heterocycles. The number of carbonyl (C=O) groups excluding carboxylic acids is 2. The summed E-state index contributed by atoms with van der Waals surface area (Å²) >= 11 is 6.35. The van der Waals surface area contributed by atoms with Gasteiger partial charge < -0.3 is 9.64 Å². The van der Waals surface area contributed by atoms with Crippen LogP contribution in [0.3, 0.4) is 0 Å². The van der Waals surface area contributed by atoms with Gasteiger partial charge in [-0.3, -0.25) is 9.69 Å². The number of hydrogen-bond acceptors (Lipinski definition) is 4. The van der Waals surface area contributed by atoms with E-state index in [1.807, 2.05) is 26.8 Å². The van der Waals surface area contributed by atoms with E-state index in [0.29, 0.717) is 41.7 Å². The maximum atomic E-state index is 13.5. The molecule has 0 bridgehead atoms. The Morgan fingerprint density at radius 1 is 1.03 bits per heavy atom. The quantitative estimate of drug-likeness (QED) is 0.410. The summed E-state index contributed by atoms with van der Waals surface area (Å²) in [4.78, 5) is 29.5. The normalized spacial score (nSPS) is 17.6. The van der Waals surface area contributed by atoms with Gasteiger partial charge in [0, 0.05) is 19.5 Å². The highest BCUT2D eigenvalue weighted by atomic mass is 35.5. The molecule has 0 spiro atoms. The van der Waals surface area contributed by atoms with E-state index < -0.39 is 5.60 Å². The fraction of sp³-hybridized carbons (Fsp3) is 0.500. The number of fused-ring (bicyclic) bond motifs is 1. The molecule has 0 atom stereocenters. The van der Waals surface area contributed by atoms with Crippen molar-refractivity contribution < 1.29 is 14.3 Å². The van der Waals surface area contributed by atoms with Gasteiger partial charge in [-0.05, 0) is 88.1 Å². The number of nitrogens with zero attached hydrogens (tertiary/aromatic N) is 3. The summed E-state index contributed by atoms with van der Waals surface area (Å²) < 4.78 is 5.55. The molecule has 2 aromatic carbocycles. The molecule has 0 aliphatic carbocycles. The summed E-state index contributed by atoms with van der Waals surface area (Å²) in [5.74, 6) is 0.324. The monoisotopic (exact) mass is 521 g/mol. The van der Waals surface area contributed by atoms with Crippen LogP contribution in [0.4, 0.5) is 16.2 Å². The fourth-order valence-corrected chi connectivity index (χ4v) is 5.48. The van der Waals surface area contributed by atoms with Gasteiger partial charge in [-0.25, -0.2) is 4.79 Å². The lowest BCUT2D eigenvalue weighted by Crippen LogP contribution is -2.41. The van der Waals surface area contributed by atoms with Crippen molar-refractivity contribution in [3.05, 3.63) is 58.1 Å². The van der Waals surface area contributed by atoms with Crippen LogP contribution in [0.1, 0.15) is 88.3 Å². The van der Waals surface area contributed by atoms with Gasteiger partial charge in [0.05, 0.1) is 22.0 Å². The van der Waals surface area contributed by atoms with Crippen LogP contribution in [0.25, 0.3) is 0 Å². The molecule has 196 valence electrons. The minimum Gasteiger partial charge on any atom is -0.444 e. The van der Waals surface area contributed by atoms with Crippen LogP contribution in [0.5, 0.6) is 0 Å². The van der Waals surface area contributed by atoms with E-state index in [4.69, 9.17) is 16.3 Å². The number of anilines is 2. The number of benzene rings is 2. The molecule has 1 fully saturated rings. The molecule has 2 amide bonds. The van der Waals surface area contributed by atoms with Crippen LogP contribution in [-0.2, 0) is 16.0 Å². The number of rotatable bonds is 2. The Morgan fingerprint density at radius 3 is 2.41 bits per heavy atom. The second-order valence-electron chi connectivity index (χ2n) is 11.0. The van der Waals surface area contributed by atoms with Gasteiger partial charge in [-0.15, -0.1) is 0 Å². The highest BCUT2D eigenvalue weighted by Gasteiger charge is 2.29.